The van der Waals surface area contributed by atoms with Gasteiger partial charge in [0.25, 0.3) is 5.56 Å². The highest BCUT2D eigenvalue weighted by Crippen LogP contribution is 2.10. The van der Waals surface area contributed by atoms with Crippen molar-refractivity contribution in [2.24, 2.45) is 7.05 Å². The van der Waals surface area contributed by atoms with Crippen molar-refractivity contribution in [1.29, 1.82) is 0 Å². The summed E-state index contributed by atoms with van der Waals surface area (Å²) in [5.74, 6) is 0.345. The zero-order chi connectivity index (χ0) is 15.4. The van der Waals surface area contributed by atoms with Gasteiger partial charge in [-0.05, 0) is 6.42 Å². The number of carbonyl (C=O) groups is 1. The van der Waals surface area contributed by atoms with E-state index in [1.807, 2.05) is 6.92 Å². The topological polar surface area (TPSA) is 102 Å². The number of aromatic amines is 1. The minimum Gasteiger partial charge on any atom is -0.347 e. The monoisotopic (exact) mass is 291 g/mol. The van der Waals surface area contributed by atoms with Gasteiger partial charge in [0.15, 0.2) is 0 Å². The fourth-order valence-electron chi connectivity index (χ4n) is 1.96. The molecule has 0 fully saturated rings. The Morgan fingerprint density at radius 3 is 2.86 bits per heavy atom. The largest absolute Gasteiger partial charge is 0.347 e. The normalized spacial score (nSPS) is 12.1. The highest BCUT2D eigenvalue weighted by Gasteiger charge is 2.15. The van der Waals surface area contributed by atoms with Crippen LogP contribution in [0.1, 0.15) is 25.2 Å². The molecule has 112 valence electrons. The molecule has 1 amide bonds. The molecule has 0 aliphatic rings. The van der Waals surface area contributed by atoms with Crippen LogP contribution in [0.15, 0.2) is 34.2 Å². The molecule has 0 spiro atoms. The molecule has 2 rings (SSSR count). The third-order valence-electron chi connectivity index (χ3n) is 3.17. The van der Waals surface area contributed by atoms with Crippen molar-refractivity contribution in [3.05, 3.63) is 51.3 Å². The Hall–Kier alpha value is -2.64. The van der Waals surface area contributed by atoms with E-state index in [2.05, 4.69) is 15.3 Å². The molecule has 1 unspecified atom stereocenters. The molecule has 21 heavy (non-hydrogen) atoms. The fourth-order valence-corrected chi connectivity index (χ4v) is 1.96. The Bertz CT molecular complexity index is 729. The van der Waals surface area contributed by atoms with Gasteiger partial charge in [-0.1, -0.05) is 6.92 Å². The molecule has 1 atom stereocenters. The highest BCUT2D eigenvalue weighted by atomic mass is 16.2. The van der Waals surface area contributed by atoms with Crippen LogP contribution in [-0.4, -0.2) is 25.0 Å². The molecular formula is C13H17N5O3. The number of amides is 1. The number of carbonyl (C=O) groups excluding carboxylic acids is 1. The number of rotatable bonds is 5. The van der Waals surface area contributed by atoms with Crippen LogP contribution in [0.3, 0.4) is 0 Å². The van der Waals surface area contributed by atoms with E-state index in [0.29, 0.717) is 12.2 Å². The number of imidazole rings is 1. The first-order valence-corrected chi connectivity index (χ1v) is 6.58. The van der Waals surface area contributed by atoms with Crippen molar-refractivity contribution in [2.75, 3.05) is 0 Å². The van der Waals surface area contributed by atoms with Crippen LogP contribution < -0.4 is 16.6 Å². The second-order valence-corrected chi connectivity index (χ2v) is 4.63. The predicted molar refractivity (Wildman–Crippen MR) is 75.7 cm³/mol. The Kier molecular flexibility index (Phi) is 4.36. The second kappa shape index (κ2) is 6.21. The Balaban J connectivity index is 2.10. The number of aromatic nitrogens is 4. The first-order valence-electron chi connectivity index (χ1n) is 6.58. The zero-order valence-corrected chi connectivity index (χ0v) is 11.9. The maximum Gasteiger partial charge on any atom is 0.331 e. The number of hydrogen-bond acceptors (Lipinski definition) is 4. The number of hydrogen-bond donors (Lipinski definition) is 2. The van der Waals surface area contributed by atoms with Crippen molar-refractivity contribution in [2.45, 2.75) is 25.9 Å². The van der Waals surface area contributed by atoms with Crippen LogP contribution in [0.5, 0.6) is 0 Å². The molecule has 8 heteroatoms. The molecule has 0 radical (unpaired) electrons. The van der Waals surface area contributed by atoms with Crippen LogP contribution in [0.2, 0.25) is 0 Å². The molecule has 8 nitrogen and oxygen atoms in total. The first-order chi connectivity index (χ1) is 10.0. The van der Waals surface area contributed by atoms with Crippen LogP contribution in [0, 0.1) is 0 Å². The smallest absolute Gasteiger partial charge is 0.331 e. The number of nitrogens with zero attached hydrogens (tertiary/aromatic N) is 3. The second-order valence-electron chi connectivity index (χ2n) is 4.63. The Morgan fingerprint density at radius 2 is 2.24 bits per heavy atom. The van der Waals surface area contributed by atoms with E-state index in [1.54, 1.807) is 12.4 Å². The van der Waals surface area contributed by atoms with Gasteiger partial charge in [-0.25, -0.2) is 9.78 Å². The average molecular weight is 291 g/mol. The van der Waals surface area contributed by atoms with Gasteiger partial charge in [-0.3, -0.25) is 18.7 Å². The van der Waals surface area contributed by atoms with Crippen molar-refractivity contribution in [3.63, 3.8) is 0 Å². The van der Waals surface area contributed by atoms with Gasteiger partial charge in [-0.2, -0.15) is 0 Å². The SMILES string of the molecule is CCC(NC(=O)Cn1ccc(=O)n(C)c1=O)c1ncc[nH]1. The van der Waals surface area contributed by atoms with Gasteiger partial charge >= 0.3 is 5.69 Å². The van der Waals surface area contributed by atoms with Crippen molar-refractivity contribution in [1.82, 2.24) is 24.4 Å². The van der Waals surface area contributed by atoms with Gasteiger partial charge in [0, 0.05) is 31.7 Å². The van der Waals surface area contributed by atoms with E-state index in [1.165, 1.54) is 23.9 Å². The molecule has 0 saturated heterocycles. The highest BCUT2D eigenvalue weighted by molar-refractivity contribution is 5.76. The molecule has 0 aliphatic carbocycles. The Labute approximate surface area is 120 Å². The lowest BCUT2D eigenvalue weighted by atomic mass is 10.2. The zero-order valence-electron chi connectivity index (χ0n) is 11.9. The molecule has 2 aromatic rings. The summed E-state index contributed by atoms with van der Waals surface area (Å²) in [6.07, 6.45) is 5.28. The third kappa shape index (κ3) is 3.28. The molecule has 2 N–H and O–H groups in total. The van der Waals surface area contributed by atoms with E-state index in [9.17, 15) is 14.4 Å². The molecule has 2 aromatic heterocycles. The summed E-state index contributed by atoms with van der Waals surface area (Å²) in [5.41, 5.74) is -0.928. The lowest BCUT2D eigenvalue weighted by molar-refractivity contribution is -0.122. The average Bonchev–Trinajstić information content (AvgIpc) is 2.99. The number of nitrogens with one attached hydrogen (secondary N) is 2. The van der Waals surface area contributed by atoms with E-state index in [0.717, 1.165) is 4.57 Å². The standard InChI is InChI=1S/C13H17N5O3/c1-3-9(12-14-5-6-15-12)16-10(19)8-18-7-4-11(20)17(2)13(18)21/h4-7,9H,3,8H2,1-2H3,(H,14,15)(H,16,19). The molecule has 0 aliphatic heterocycles. The van der Waals surface area contributed by atoms with Crippen LogP contribution in [-0.2, 0) is 18.4 Å². The van der Waals surface area contributed by atoms with Gasteiger partial charge in [0.05, 0.1) is 6.04 Å². The minimum absolute atomic E-state index is 0.149. The fraction of sp³-hybridized carbons (Fsp3) is 0.385. The quantitative estimate of drug-likeness (QED) is 0.778. The van der Waals surface area contributed by atoms with E-state index in [-0.39, 0.29) is 18.5 Å². The summed E-state index contributed by atoms with van der Waals surface area (Å²) in [7, 11) is 1.37. The maximum atomic E-state index is 12.0. The third-order valence-corrected chi connectivity index (χ3v) is 3.17. The van der Waals surface area contributed by atoms with Crippen LogP contribution in [0.25, 0.3) is 0 Å². The van der Waals surface area contributed by atoms with Crippen molar-refractivity contribution < 1.29 is 4.79 Å². The van der Waals surface area contributed by atoms with Gasteiger partial charge in [0.1, 0.15) is 12.4 Å². The van der Waals surface area contributed by atoms with Crippen molar-refractivity contribution in [3.8, 4) is 0 Å². The number of H-pyrrole nitrogens is 1. The summed E-state index contributed by atoms with van der Waals surface area (Å²) >= 11 is 0. The molecule has 0 saturated carbocycles. The van der Waals surface area contributed by atoms with Crippen LogP contribution in [0.4, 0.5) is 0 Å². The first kappa shape index (κ1) is 14.8. The van der Waals surface area contributed by atoms with E-state index >= 15 is 0 Å². The molecule has 2 heterocycles. The minimum atomic E-state index is -0.524. The summed E-state index contributed by atoms with van der Waals surface area (Å²) < 4.78 is 2.14. The summed E-state index contributed by atoms with van der Waals surface area (Å²) in [6, 6.07) is 1.01. The lowest BCUT2D eigenvalue weighted by Crippen LogP contribution is -2.40. The molecular weight excluding hydrogens is 274 g/mol. The molecule has 0 aromatic carbocycles. The van der Waals surface area contributed by atoms with Crippen LogP contribution >= 0.6 is 0 Å². The van der Waals surface area contributed by atoms with Gasteiger partial charge in [0.2, 0.25) is 5.91 Å². The predicted octanol–water partition coefficient (Wildman–Crippen LogP) is -0.462. The summed E-state index contributed by atoms with van der Waals surface area (Å²) in [6.45, 7) is 1.77. The van der Waals surface area contributed by atoms with E-state index in [4.69, 9.17) is 0 Å². The van der Waals surface area contributed by atoms with Gasteiger partial charge < -0.3 is 10.3 Å². The van der Waals surface area contributed by atoms with Gasteiger partial charge in [-0.15, -0.1) is 0 Å². The molecule has 0 bridgehead atoms. The lowest BCUT2D eigenvalue weighted by Gasteiger charge is -2.15. The van der Waals surface area contributed by atoms with Crippen molar-refractivity contribution >= 4 is 5.91 Å². The van der Waals surface area contributed by atoms with E-state index < -0.39 is 11.2 Å². The summed E-state index contributed by atoms with van der Waals surface area (Å²) in [4.78, 5) is 42.2. The Morgan fingerprint density at radius 1 is 1.48 bits per heavy atom. The maximum absolute atomic E-state index is 12.0. The summed E-state index contributed by atoms with van der Waals surface area (Å²) in [5, 5.41) is 2.80.